The molecule has 1 aromatic carbocycles. The summed E-state index contributed by atoms with van der Waals surface area (Å²) in [5.41, 5.74) is 0.955. The number of piperidine rings is 1. The number of likely N-dealkylation sites (tertiary alicyclic amines) is 1. The molecule has 0 saturated carbocycles. The summed E-state index contributed by atoms with van der Waals surface area (Å²) in [7, 11) is 0. The molecule has 3 heterocycles. The van der Waals surface area contributed by atoms with Crippen molar-refractivity contribution in [3.05, 3.63) is 48.3 Å². The monoisotopic (exact) mass is 374 g/mol. The maximum absolute atomic E-state index is 12.7. The van der Waals surface area contributed by atoms with Crippen molar-refractivity contribution in [2.75, 3.05) is 24.5 Å². The molecule has 0 radical (unpaired) electrons. The van der Waals surface area contributed by atoms with Crippen LogP contribution in [0.1, 0.15) is 31.2 Å². The van der Waals surface area contributed by atoms with Gasteiger partial charge in [-0.1, -0.05) is 18.2 Å². The third kappa shape index (κ3) is 3.88. The molecule has 7 heteroatoms. The molecule has 0 bridgehead atoms. The SMILES string of the molecule is FC(F)Oc1ccccc1CN1CCCC12CCN(c1ncccn1)CC2. The quantitative estimate of drug-likeness (QED) is 0.798. The average Bonchev–Trinajstić information content (AvgIpc) is 3.06. The zero-order valence-electron chi connectivity index (χ0n) is 15.2. The Labute approximate surface area is 158 Å². The zero-order chi connectivity index (χ0) is 18.7. The number of hydrogen-bond acceptors (Lipinski definition) is 5. The van der Waals surface area contributed by atoms with Gasteiger partial charge in [-0.2, -0.15) is 8.78 Å². The van der Waals surface area contributed by atoms with Crippen LogP contribution < -0.4 is 9.64 Å². The van der Waals surface area contributed by atoms with Crippen LogP contribution in [0.15, 0.2) is 42.7 Å². The van der Waals surface area contributed by atoms with Gasteiger partial charge in [-0.15, -0.1) is 0 Å². The molecule has 1 spiro atoms. The van der Waals surface area contributed by atoms with E-state index in [1.807, 2.05) is 18.2 Å². The number of para-hydroxylation sites is 1. The lowest BCUT2D eigenvalue weighted by Gasteiger charge is -2.45. The summed E-state index contributed by atoms with van der Waals surface area (Å²) in [5.74, 6) is 1.07. The van der Waals surface area contributed by atoms with Crippen molar-refractivity contribution in [1.82, 2.24) is 14.9 Å². The van der Waals surface area contributed by atoms with E-state index >= 15 is 0 Å². The number of rotatable bonds is 5. The van der Waals surface area contributed by atoms with Gasteiger partial charge in [0.05, 0.1) is 0 Å². The Morgan fingerprint density at radius 2 is 1.74 bits per heavy atom. The minimum Gasteiger partial charge on any atom is -0.434 e. The van der Waals surface area contributed by atoms with E-state index in [2.05, 4.69) is 19.8 Å². The van der Waals surface area contributed by atoms with E-state index in [1.165, 1.54) is 0 Å². The van der Waals surface area contributed by atoms with Gasteiger partial charge in [0, 0.05) is 43.1 Å². The summed E-state index contributed by atoms with van der Waals surface area (Å²) in [6.45, 7) is 0.661. The summed E-state index contributed by atoms with van der Waals surface area (Å²) in [5, 5.41) is 0. The molecule has 0 amide bonds. The predicted molar refractivity (Wildman–Crippen MR) is 98.9 cm³/mol. The van der Waals surface area contributed by atoms with E-state index in [0.29, 0.717) is 6.54 Å². The average molecular weight is 374 g/mol. The number of aromatic nitrogens is 2. The second-order valence-electron chi connectivity index (χ2n) is 7.27. The molecule has 1 aromatic heterocycles. The normalized spacial score (nSPS) is 19.7. The molecule has 2 aliphatic rings. The Balaban J connectivity index is 1.46. The van der Waals surface area contributed by atoms with Gasteiger partial charge in [-0.05, 0) is 44.4 Å². The number of ether oxygens (including phenoxy) is 1. The van der Waals surface area contributed by atoms with Crippen molar-refractivity contribution in [2.45, 2.75) is 44.4 Å². The minimum absolute atomic E-state index is 0.128. The van der Waals surface area contributed by atoms with E-state index in [4.69, 9.17) is 4.74 Å². The number of alkyl halides is 2. The fraction of sp³-hybridized carbons (Fsp3) is 0.500. The maximum Gasteiger partial charge on any atom is 0.387 e. The van der Waals surface area contributed by atoms with Crippen molar-refractivity contribution in [2.24, 2.45) is 0 Å². The van der Waals surface area contributed by atoms with Crippen molar-refractivity contribution in [1.29, 1.82) is 0 Å². The number of anilines is 1. The number of halogens is 2. The molecule has 144 valence electrons. The molecule has 2 aliphatic heterocycles. The smallest absolute Gasteiger partial charge is 0.387 e. The fourth-order valence-corrected chi connectivity index (χ4v) is 4.44. The summed E-state index contributed by atoms with van der Waals surface area (Å²) in [6, 6.07) is 8.95. The topological polar surface area (TPSA) is 41.5 Å². The van der Waals surface area contributed by atoms with Gasteiger partial charge in [0.1, 0.15) is 5.75 Å². The van der Waals surface area contributed by atoms with E-state index in [9.17, 15) is 8.78 Å². The van der Waals surface area contributed by atoms with Gasteiger partial charge in [0.15, 0.2) is 0 Å². The van der Waals surface area contributed by atoms with Gasteiger partial charge < -0.3 is 9.64 Å². The zero-order valence-corrected chi connectivity index (χ0v) is 15.2. The molecule has 4 rings (SSSR count). The van der Waals surface area contributed by atoms with Crippen LogP contribution in [0.4, 0.5) is 14.7 Å². The summed E-state index contributed by atoms with van der Waals surface area (Å²) in [4.78, 5) is 13.4. The van der Waals surface area contributed by atoms with Crippen LogP contribution in [0.25, 0.3) is 0 Å². The van der Waals surface area contributed by atoms with Crippen LogP contribution in [-0.2, 0) is 6.54 Å². The highest BCUT2D eigenvalue weighted by molar-refractivity contribution is 5.34. The molecular weight excluding hydrogens is 350 g/mol. The first-order valence-corrected chi connectivity index (χ1v) is 9.46. The first-order valence-electron chi connectivity index (χ1n) is 9.46. The lowest BCUT2D eigenvalue weighted by Crippen LogP contribution is -2.52. The summed E-state index contributed by atoms with van der Waals surface area (Å²) < 4.78 is 30.1. The first-order chi connectivity index (χ1) is 13.2. The third-order valence-corrected chi connectivity index (χ3v) is 5.82. The Kier molecular flexibility index (Phi) is 5.20. The van der Waals surface area contributed by atoms with Gasteiger partial charge in [-0.3, -0.25) is 4.90 Å². The Bertz CT molecular complexity index is 751. The second-order valence-corrected chi connectivity index (χ2v) is 7.27. The molecule has 2 aromatic rings. The highest BCUT2D eigenvalue weighted by Gasteiger charge is 2.43. The highest BCUT2D eigenvalue weighted by atomic mass is 19.3. The Morgan fingerprint density at radius 1 is 1.00 bits per heavy atom. The van der Waals surface area contributed by atoms with E-state index in [-0.39, 0.29) is 11.3 Å². The van der Waals surface area contributed by atoms with Crippen LogP contribution in [0.2, 0.25) is 0 Å². The number of benzene rings is 1. The maximum atomic E-state index is 12.7. The largest absolute Gasteiger partial charge is 0.434 e. The van der Waals surface area contributed by atoms with E-state index in [0.717, 1.165) is 56.8 Å². The fourth-order valence-electron chi connectivity index (χ4n) is 4.44. The van der Waals surface area contributed by atoms with Crippen LogP contribution in [0.3, 0.4) is 0 Å². The molecule has 0 unspecified atom stereocenters. The predicted octanol–water partition coefficient (Wildman–Crippen LogP) is 3.71. The lowest BCUT2D eigenvalue weighted by molar-refractivity contribution is -0.0510. The molecule has 2 saturated heterocycles. The summed E-state index contributed by atoms with van der Waals surface area (Å²) >= 11 is 0. The van der Waals surface area contributed by atoms with E-state index < -0.39 is 6.61 Å². The lowest BCUT2D eigenvalue weighted by atomic mass is 9.84. The van der Waals surface area contributed by atoms with Crippen LogP contribution in [0, 0.1) is 0 Å². The molecule has 0 atom stereocenters. The molecule has 0 aliphatic carbocycles. The first kappa shape index (κ1) is 18.1. The van der Waals surface area contributed by atoms with Crippen LogP contribution in [0.5, 0.6) is 5.75 Å². The summed E-state index contributed by atoms with van der Waals surface area (Å²) in [6.07, 6.45) is 7.89. The second kappa shape index (κ2) is 7.76. The van der Waals surface area contributed by atoms with Crippen molar-refractivity contribution in [3.63, 3.8) is 0 Å². The van der Waals surface area contributed by atoms with Crippen LogP contribution in [-0.4, -0.2) is 46.7 Å². The van der Waals surface area contributed by atoms with Gasteiger partial charge in [0.25, 0.3) is 0 Å². The molecule has 5 nitrogen and oxygen atoms in total. The molecule has 0 N–H and O–H groups in total. The Hall–Kier alpha value is -2.28. The standard InChI is InChI=1S/C20H24F2N4O/c21-18(22)27-17-6-2-1-5-16(17)15-26-12-3-7-20(26)8-13-25(14-9-20)19-23-10-4-11-24-19/h1-2,4-6,10-11,18H,3,7-9,12-15H2. The van der Waals surface area contributed by atoms with Gasteiger partial charge in [0.2, 0.25) is 5.95 Å². The highest BCUT2D eigenvalue weighted by Crippen LogP contribution is 2.40. The van der Waals surface area contributed by atoms with Crippen LogP contribution >= 0.6 is 0 Å². The molecular formula is C20H24F2N4O. The van der Waals surface area contributed by atoms with E-state index in [1.54, 1.807) is 24.5 Å². The third-order valence-electron chi connectivity index (χ3n) is 5.82. The van der Waals surface area contributed by atoms with Gasteiger partial charge in [-0.25, -0.2) is 9.97 Å². The number of hydrogen-bond donors (Lipinski definition) is 0. The Morgan fingerprint density at radius 3 is 2.48 bits per heavy atom. The molecule has 2 fully saturated rings. The molecule has 27 heavy (non-hydrogen) atoms. The van der Waals surface area contributed by atoms with Gasteiger partial charge >= 0.3 is 6.61 Å². The van der Waals surface area contributed by atoms with Crippen molar-refractivity contribution >= 4 is 5.95 Å². The van der Waals surface area contributed by atoms with Crippen molar-refractivity contribution in [3.8, 4) is 5.75 Å². The minimum atomic E-state index is -2.80. The van der Waals surface area contributed by atoms with Crippen molar-refractivity contribution < 1.29 is 13.5 Å². The number of nitrogens with zero attached hydrogens (tertiary/aromatic N) is 4.